The first-order valence-corrected chi connectivity index (χ1v) is 6.67. The highest BCUT2D eigenvalue weighted by atomic mass is 35.5. The Morgan fingerprint density at radius 3 is 2.65 bits per heavy atom. The molecule has 20 heavy (non-hydrogen) atoms. The van der Waals surface area contributed by atoms with Gasteiger partial charge in [0.05, 0.1) is 23.8 Å². The highest BCUT2D eigenvalue weighted by Crippen LogP contribution is 2.25. The predicted molar refractivity (Wildman–Crippen MR) is 72.0 cm³/mol. The Balaban J connectivity index is 1.73. The maximum Gasteiger partial charge on any atom is 0.241 e. The molecule has 1 fully saturated rings. The zero-order valence-electron chi connectivity index (χ0n) is 10.6. The van der Waals surface area contributed by atoms with Gasteiger partial charge < -0.3 is 14.7 Å². The first-order valence-electron chi connectivity index (χ1n) is 6.29. The van der Waals surface area contributed by atoms with E-state index in [-0.39, 0.29) is 0 Å². The highest BCUT2D eigenvalue weighted by molar-refractivity contribution is 6.33. The molecule has 0 radical (unpaired) electrons. The molecule has 2 unspecified atom stereocenters. The minimum absolute atomic E-state index is 0.394. The molecule has 0 aliphatic carbocycles. The van der Waals surface area contributed by atoms with Crippen LogP contribution in [-0.2, 0) is 6.54 Å². The van der Waals surface area contributed by atoms with E-state index in [9.17, 15) is 10.2 Å². The molecule has 6 nitrogen and oxygen atoms in total. The van der Waals surface area contributed by atoms with E-state index in [2.05, 4.69) is 10.1 Å². The molecule has 2 atom stereocenters. The first kappa shape index (κ1) is 13.5. The minimum Gasteiger partial charge on any atom is -0.389 e. The number of β-amino-alcohol motifs (C(OH)–C–C–N with tert-alkyl or cyclic N) is 2. The van der Waals surface area contributed by atoms with Crippen molar-refractivity contribution < 1.29 is 14.7 Å². The van der Waals surface area contributed by atoms with Crippen molar-refractivity contribution >= 4 is 11.6 Å². The number of hydrogen-bond acceptors (Lipinski definition) is 6. The summed E-state index contributed by atoms with van der Waals surface area (Å²) in [5.74, 6) is 0.868. The number of aliphatic hydroxyl groups excluding tert-OH is 2. The van der Waals surface area contributed by atoms with E-state index in [4.69, 9.17) is 16.1 Å². The molecule has 0 bridgehead atoms. The van der Waals surface area contributed by atoms with Crippen LogP contribution < -0.4 is 0 Å². The average Bonchev–Trinajstić information content (AvgIpc) is 2.98. The van der Waals surface area contributed by atoms with Gasteiger partial charge >= 0.3 is 0 Å². The van der Waals surface area contributed by atoms with Crippen molar-refractivity contribution in [2.24, 2.45) is 0 Å². The lowest BCUT2D eigenvalue weighted by Gasteiger charge is -2.10. The zero-order chi connectivity index (χ0) is 14.1. The Hall–Kier alpha value is -1.47. The van der Waals surface area contributed by atoms with Crippen LogP contribution in [0.25, 0.3) is 11.4 Å². The van der Waals surface area contributed by atoms with Gasteiger partial charge in [-0.05, 0) is 12.1 Å². The van der Waals surface area contributed by atoms with Crippen molar-refractivity contribution in [1.82, 2.24) is 15.0 Å². The SMILES string of the molecule is OC1CN(Cc2nc(-c3ccccc3Cl)no2)CC1O. The van der Waals surface area contributed by atoms with Crippen molar-refractivity contribution in [1.29, 1.82) is 0 Å². The standard InChI is InChI=1S/C13H14ClN3O3/c14-9-4-2-1-3-8(9)13-15-12(20-16-13)7-17-5-10(18)11(19)6-17/h1-4,10-11,18-19H,5-7H2. The van der Waals surface area contributed by atoms with Crippen LogP contribution in [-0.4, -0.2) is 50.6 Å². The number of halogens is 1. The maximum atomic E-state index is 9.49. The summed E-state index contributed by atoms with van der Waals surface area (Å²) in [6.07, 6.45) is -1.44. The normalized spacial score (nSPS) is 23.4. The summed E-state index contributed by atoms with van der Waals surface area (Å²) in [5, 5.41) is 23.4. The molecule has 0 amide bonds. The summed E-state index contributed by atoms with van der Waals surface area (Å²) in [5.41, 5.74) is 0.714. The van der Waals surface area contributed by atoms with Gasteiger partial charge in [0, 0.05) is 18.7 Å². The van der Waals surface area contributed by atoms with Gasteiger partial charge in [0.25, 0.3) is 0 Å². The van der Waals surface area contributed by atoms with Crippen LogP contribution in [0.5, 0.6) is 0 Å². The molecule has 0 saturated carbocycles. The number of benzene rings is 1. The lowest BCUT2D eigenvalue weighted by molar-refractivity contribution is 0.0572. The molecule has 1 aromatic heterocycles. The Bertz CT molecular complexity index is 594. The molecule has 1 saturated heterocycles. The molecular weight excluding hydrogens is 282 g/mol. The number of aromatic nitrogens is 2. The van der Waals surface area contributed by atoms with E-state index in [0.717, 1.165) is 0 Å². The summed E-state index contributed by atoms with van der Waals surface area (Å²) < 4.78 is 5.18. The second-order valence-corrected chi connectivity index (χ2v) is 5.23. The van der Waals surface area contributed by atoms with Crippen molar-refractivity contribution in [3.8, 4) is 11.4 Å². The van der Waals surface area contributed by atoms with E-state index < -0.39 is 12.2 Å². The van der Waals surface area contributed by atoms with E-state index in [0.29, 0.717) is 41.9 Å². The Labute approximate surface area is 120 Å². The van der Waals surface area contributed by atoms with Gasteiger partial charge in [0.15, 0.2) is 0 Å². The van der Waals surface area contributed by atoms with Crippen LogP contribution in [0.2, 0.25) is 5.02 Å². The third-order valence-electron chi connectivity index (χ3n) is 3.28. The van der Waals surface area contributed by atoms with Crippen LogP contribution in [0.15, 0.2) is 28.8 Å². The van der Waals surface area contributed by atoms with E-state index in [1.807, 2.05) is 23.1 Å². The molecule has 7 heteroatoms. The quantitative estimate of drug-likeness (QED) is 0.876. The molecule has 2 N–H and O–H groups in total. The van der Waals surface area contributed by atoms with E-state index >= 15 is 0 Å². The van der Waals surface area contributed by atoms with E-state index in [1.54, 1.807) is 6.07 Å². The molecular formula is C13H14ClN3O3. The van der Waals surface area contributed by atoms with Crippen LogP contribution in [0.4, 0.5) is 0 Å². The molecule has 1 aromatic carbocycles. The van der Waals surface area contributed by atoms with Gasteiger partial charge in [-0.15, -0.1) is 0 Å². The van der Waals surface area contributed by atoms with Crippen LogP contribution >= 0.6 is 11.6 Å². The van der Waals surface area contributed by atoms with E-state index in [1.165, 1.54) is 0 Å². The molecule has 1 aliphatic heterocycles. The van der Waals surface area contributed by atoms with Crippen molar-refractivity contribution in [3.63, 3.8) is 0 Å². The summed E-state index contributed by atoms with van der Waals surface area (Å²) in [6, 6.07) is 7.27. The van der Waals surface area contributed by atoms with Crippen LogP contribution in [0, 0.1) is 0 Å². The second kappa shape index (κ2) is 5.49. The third-order valence-corrected chi connectivity index (χ3v) is 3.61. The highest BCUT2D eigenvalue weighted by Gasteiger charge is 2.30. The number of likely N-dealkylation sites (tertiary alicyclic amines) is 1. The smallest absolute Gasteiger partial charge is 0.241 e. The Morgan fingerprint density at radius 1 is 1.25 bits per heavy atom. The number of rotatable bonds is 3. The fourth-order valence-corrected chi connectivity index (χ4v) is 2.46. The number of aliphatic hydroxyl groups is 2. The van der Waals surface area contributed by atoms with Crippen LogP contribution in [0.1, 0.15) is 5.89 Å². The fraction of sp³-hybridized carbons (Fsp3) is 0.385. The summed E-state index contributed by atoms with van der Waals surface area (Å²) in [7, 11) is 0. The maximum absolute atomic E-state index is 9.49. The molecule has 3 rings (SSSR count). The predicted octanol–water partition coefficient (Wildman–Crippen LogP) is 0.927. The molecule has 2 heterocycles. The lowest BCUT2D eigenvalue weighted by Crippen LogP contribution is -2.22. The zero-order valence-corrected chi connectivity index (χ0v) is 11.4. The largest absolute Gasteiger partial charge is 0.389 e. The van der Waals surface area contributed by atoms with Crippen molar-refractivity contribution in [3.05, 3.63) is 35.2 Å². The fourth-order valence-electron chi connectivity index (χ4n) is 2.24. The molecule has 2 aromatic rings. The van der Waals surface area contributed by atoms with Gasteiger partial charge in [0.1, 0.15) is 0 Å². The van der Waals surface area contributed by atoms with Gasteiger partial charge in [-0.3, -0.25) is 4.90 Å². The first-order chi connectivity index (χ1) is 9.63. The Morgan fingerprint density at radius 2 is 1.95 bits per heavy atom. The van der Waals surface area contributed by atoms with Gasteiger partial charge in [-0.2, -0.15) is 4.98 Å². The summed E-state index contributed by atoms with van der Waals surface area (Å²) >= 11 is 6.08. The summed E-state index contributed by atoms with van der Waals surface area (Å²) in [6.45, 7) is 1.18. The van der Waals surface area contributed by atoms with Gasteiger partial charge in [-0.1, -0.05) is 28.9 Å². The average molecular weight is 296 g/mol. The molecule has 106 valence electrons. The monoisotopic (exact) mass is 295 g/mol. The topological polar surface area (TPSA) is 82.6 Å². The Kier molecular flexibility index (Phi) is 3.71. The third kappa shape index (κ3) is 2.69. The number of hydrogen-bond donors (Lipinski definition) is 2. The van der Waals surface area contributed by atoms with Gasteiger partial charge in [0.2, 0.25) is 11.7 Å². The second-order valence-electron chi connectivity index (χ2n) is 4.82. The number of nitrogens with zero attached hydrogens (tertiary/aromatic N) is 3. The lowest BCUT2D eigenvalue weighted by atomic mass is 10.2. The molecule has 1 aliphatic rings. The van der Waals surface area contributed by atoms with Crippen molar-refractivity contribution in [2.75, 3.05) is 13.1 Å². The van der Waals surface area contributed by atoms with Crippen molar-refractivity contribution in [2.45, 2.75) is 18.8 Å². The minimum atomic E-state index is -0.721. The van der Waals surface area contributed by atoms with Crippen LogP contribution in [0.3, 0.4) is 0 Å². The van der Waals surface area contributed by atoms with Gasteiger partial charge in [-0.25, -0.2) is 0 Å². The summed E-state index contributed by atoms with van der Waals surface area (Å²) in [4.78, 5) is 6.15. The molecule has 0 spiro atoms.